The molecule has 11 heteroatoms. The van der Waals surface area contributed by atoms with Gasteiger partial charge in [0, 0.05) is 24.5 Å². The fourth-order valence-corrected chi connectivity index (χ4v) is 3.44. The standard InChI is InChI=1S/C25H27N5O5S/c1-5-30-15-18(22(29-30)24(32)26-17-9-7-6-8-10-17)27-25(36)28-21(31)12-11-16-13-19(33-2)23(35-4)20(14-16)34-3/h6-15H,5H2,1-4H3,(H,26,32)(H2,27,28,31,36)/b12-11-. The molecule has 0 saturated carbocycles. The van der Waals surface area contributed by atoms with E-state index >= 15 is 0 Å². The van der Waals surface area contributed by atoms with Crippen LogP contribution in [0.4, 0.5) is 11.4 Å². The third-order valence-electron chi connectivity index (χ3n) is 4.93. The summed E-state index contributed by atoms with van der Waals surface area (Å²) >= 11 is 5.27. The molecule has 0 spiro atoms. The molecular formula is C25H27N5O5S. The van der Waals surface area contributed by atoms with Gasteiger partial charge in [-0.25, -0.2) is 0 Å². The number of aromatic nitrogens is 2. The van der Waals surface area contributed by atoms with E-state index in [0.717, 1.165) is 0 Å². The fourth-order valence-electron chi connectivity index (χ4n) is 3.23. The van der Waals surface area contributed by atoms with Crippen LogP contribution in [0.2, 0.25) is 0 Å². The SMILES string of the molecule is CCn1cc(NC(=S)NC(=O)/C=C\c2cc(OC)c(OC)c(OC)c2)c(C(=O)Nc2ccccc2)n1. The minimum atomic E-state index is -0.473. The van der Waals surface area contributed by atoms with E-state index in [4.69, 9.17) is 26.4 Å². The lowest BCUT2D eigenvalue weighted by atomic mass is 10.1. The molecule has 0 aliphatic heterocycles. The first-order chi connectivity index (χ1) is 17.4. The number of methoxy groups -OCH3 is 3. The first kappa shape index (κ1) is 26.2. The van der Waals surface area contributed by atoms with Gasteiger partial charge in [0.15, 0.2) is 22.3 Å². The van der Waals surface area contributed by atoms with Crippen molar-refractivity contribution in [1.29, 1.82) is 0 Å². The summed E-state index contributed by atoms with van der Waals surface area (Å²) in [6, 6.07) is 12.4. The highest BCUT2D eigenvalue weighted by Gasteiger charge is 2.18. The van der Waals surface area contributed by atoms with Gasteiger partial charge in [-0.2, -0.15) is 5.10 Å². The third kappa shape index (κ3) is 6.60. The van der Waals surface area contributed by atoms with E-state index in [1.807, 2.05) is 25.1 Å². The van der Waals surface area contributed by atoms with E-state index in [1.165, 1.54) is 27.4 Å². The highest BCUT2D eigenvalue weighted by Crippen LogP contribution is 2.38. The highest BCUT2D eigenvalue weighted by molar-refractivity contribution is 7.80. The van der Waals surface area contributed by atoms with Gasteiger partial charge in [-0.3, -0.25) is 19.6 Å². The van der Waals surface area contributed by atoms with Crippen molar-refractivity contribution in [3.05, 3.63) is 66.0 Å². The van der Waals surface area contributed by atoms with Crippen molar-refractivity contribution in [2.45, 2.75) is 13.5 Å². The number of hydrogen-bond acceptors (Lipinski definition) is 7. The quantitative estimate of drug-likeness (QED) is 0.295. The number of hydrogen-bond donors (Lipinski definition) is 3. The maximum Gasteiger partial charge on any atom is 0.278 e. The molecule has 0 bridgehead atoms. The first-order valence-electron chi connectivity index (χ1n) is 10.9. The summed E-state index contributed by atoms with van der Waals surface area (Å²) in [5.74, 6) is 0.491. The molecule has 0 fully saturated rings. The van der Waals surface area contributed by atoms with Gasteiger partial charge in [0.25, 0.3) is 5.91 Å². The van der Waals surface area contributed by atoms with Crippen LogP contribution in [-0.2, 0) is 11.3 Å². The average molecular weight is 510 g/mol. The van der Waals surface area contributed by atoms with Crippen LogP contribution in [0.15, 0.2) is 54.7 Å². The number of nitrogens with zero attached hydrogens (tertiary/aromatic N) is 2. The van der Waals surface area contributed by atoms with Gasteiger partial charge >= 0.3 is 0 Å². The van der Waals surface area contributed by atoms with E-state index in [0.29, 0.717) is 40.7 Å². The number of carbonyl (C=O) groups excluding carboxylic acids is 2. The van der Waals surface area contributed by atoms with Gasteiger partial charge in [0.1, 0.15) is 0 Å². The Morgan fingerprint density at radius 1 is 1.03 bits per heavy atom. The number of nitrogens with one attached hydrogen (secondary N) is 3. The van der Waals surface area contributed by atoms with Crippen LogP contribution in [-0.4, -0.2) is 48.0 Å². The third-order valence-corrected chi connectivity index (χ3v) is 5.14. The van der Waals surface area contributed by atoms with E-state index in [9.17, 15) is 9.59 Å². The molecule has 0 aliphatic carbocycles. The molecule has 1 heterocycles. The zero-order chi connectivity index (χ0) is 26.1. The Bertz CT molecular complexity index is 1250. The maximum absolute atomic E-state index is 12.8. The molecule has 2 aromatic carbocycles. The maximum atomic E-state index is 12.8. The summed E-state index contributed by atoms with van der Waals surface area (Å²) in [5.41, 5.74) is 1.80. The lowest BCUT2D eigenvalue weighted by Gasteiger charge is -2.12. The summed E-state index contributed by atoms with van der Waals surface area (Å²) in [6.45, 7) is 2.44. The molecule has 0 radical (unpaired) electrons. The largest absolute Gasteiger partial charge is 0.493 e. The van der Waals surface area contributed by atoms with Crippen LogP contribution in [0.1, 0.15) is 23.0 Å². The van der Waals surface area contributed by atoms with E-state index in [-0.39, 0.29) is 10.8 Å². The van der Waals surface area contributed by atoms with Crippen LogP contribution < -0.4 is 30.2 Å². The lowest BCUT2D eigenvalue weighted by molar-refractivity contribution is -0.115. The number of ether oxygens (including phenoxy) is 3. The number of anilines is 2. The van der Waals surface area contributed by atoms with Crippen molar-refractivity contribution in [1.82, 2.24) is 15.1 Å². The number of aryl methyl sites for hydroxylation is 1. The van der Waals surface area contributed by atoms with Crippen LogP contribution >= 0.6 is 12.2 Å². The Balaban J connectivity index is 1.68. The molecule has 1 aromatic heterocycles. The van der Waals surface area contributed by atoms with E-state index in [1.54, 1.807) is 41.2 Å². The zero-order valence-electron chi connectivity index (χ0n) is 20.3. The molecule has 10 nitrogen and oxygen atoms in total. The molecule has 2 amide bonds. The smallest absolute Gasteiger partial charge is 0.278 e. The van der Waals surface area contributed by atoms with Gasteiger partial charge in [-0.1, -0.05) is 18.2 Å². The number of thiocarbonyl (C=S) groups is 1. The molecule has 3 N–H and O–H groups in total. The summed E-state index contributed by atoms with van der Waals surface area (Å²) < 4.78 is 17.5. The van der Waals surface area contributed by atoms with Gasteiger partial charge in [-0.15, -0.1) is 0 Å². The highest BCUT2D eigenvalue weighted by atomic mass is 32.1. The summed E-state index contributed by atoms with van der Waals surface area (Å²) in [6.07, 6.45) is 4.54. The molecule has 3 rings (SSSR count). The van der Waals surface area contributed by atoms with Crippen LogP contribution in [0.3, 0.4) is 0 Å². The summed E-state index contributed by atoms with van der Waals surface area (Å²) in [5, 5.41) is 12.5. The number of carbonyl (C=O) groups is 2. The van der Waals surface area contributed by atoms with Crippen molar-refractivity contribution in [2.24, 2.45) is 0 Å². The molecule has 0 unspecified atom stereocenters. The number of rotatable bonds is 9. The zero-order valence-corrected chi connectivity index (χ0v) is 21.1. The number of amides is 2. The fraction of sp³-hybridized carbons (Fsp3) is 0.200. The van der Waals surface area contributed by atoms with E-state index < -0.39 is 11.8 Å². The van der Waals surface area contributed by atoms with Crippen molar-refractivity contribution < 1.29 is 23.8 Å². The van der Waals surface area contributed by atoms with Gasteiger partial charge in [-0.05, 0) is 55.0 Å². The molecule has 188 valence electrons. The molecule has 0 atom stereocenters. The molecular weight excluding hydrogens is 482 g/mol. The van der Waals surface area contributed by atoms with Crippen molar-refractivity contribution >= 4 is 46.6 Å². The van der Waals surface area contributed by atoms with Crippen LogP contribution in [0.25, 0.3) is 6.08 Å². The van der Waals surface area contributed by atoms with Crippen molar-refractivity contribution in [2.75, 3.05) is 32.0 Å². The normalized spacial score (nSPS) is 10.6. The Labute approximate surface area is 214 Å². The summed E-state index contributed by atoms with van der Waals surface area (Å²) in [4.78, 5) is 25.2. The summed E-state index contributed by atoms with van der Waals surface area (Å²) in [7, 11) is 4.53. The second-order valence-electron chi connectivity index (χ2n) is 7.30. The topological polar surface area (TPSA) is 116 Å². The molecule has 3 aromatic rings. The van der Waals surface area contributed by atoms with Gasteiger partial charge in [0.2, 0.25) is 11.7 Å². The molecule has 36 heavy (non-hydrogen) atoms. The Morgan fingerprint density at radius 2 is 1.69 bits per heavy atom. The van der Waals surface area contributed by atoms with Crippen LogP contribution in [0, 0.1) is 0 Å². The second kappa shape index (κ2) is 12.4. The first-order valence-corrected chi connectivity index (χ1v) is 11.3. The van der Waals surface area contributed by atoms with Crippen LogP contribution in [0.5, 0.6) is 17.2 Å². The van der Waals surface area contributed by atoms with Gasteiger partial charge < -0.3 is 24.8 Å². The Kier molecular flexibility index (Phi) is 9.01. The lowest BCUT2D eigenvalue weighted by Crippen LogP contribution is -2.33. The Hall–Kier alpha value is -4.38. The van der Waals surface area contributed by atoms with E-state index in [2.05, 4.69) is 21.0 Å². The predicted molar refractivity (Wildman–Crippen MR) is 142 cm³/mol. The predicted octanol–water partition coefficient (Wildman–Crippen LogP) is 3.71. The van der Waals surface area contributed by atoms with Gasteiger partial charge in [0.05, 0.1) is 27.0 Å². The molecule has 0 aliphatic rings. The minimum Gasteiger partial charge on any atom is -0.493 e. The minimum absolute atomic E-state index is 0.0129. The van der Waals surface area contributed by atoms with Crippen molar-refractivity contribution in [3.8, 4) is 17.2 Å². The number of benzene rings is 2. The molecule has 0 saturated heterocycles. The number of para-hydroxylation sites is 1. The average Bonchev–Trinajstić information content (AvgIpc) is 3.30. The monoisotopic (exact) mass is 509 g/mol. The Morgan fingerprint density at radius 3 is 2.28 bits per heavy atom. The van der Waals surface area contributed by atoms with Crippen molar-refractivity contribution in [3.63, 3.8) is 0 Å². The second-order valence-corrected chi connectivity index (χ2v) is 7.71.